The molecule has 2 aliphatic rings. The van der Waals surface area contributed by atoms with Gasteiger partial charge in [-0.15, -0.1) is 21.5 Å². The number of nitrogens with one attached hydrogen (secondary N) is 2. The highest BCUT2D eigenvalue weighted by atomic mass is 32.2. The van der Waals surface area contributed by atoms with Crippen molar-refractivity contribution in [2.45, 2.75) is 45.9 Å². The van der Waals surface area contributed by atoms with Crippen LogP contribution in [0.3, 0.4) is 0 Å². The smallest absolute Gasteiger partial charge is 0.261 e. The highest BCUT2D eigenvalue weighted by Gasteiger charge is 2.39. The molecule has 0 radical (unpaired) electrons. The Labute approximate surface area is 134 Å². The zero-order valence-corrected chi connectivity index (χ0v) is 13.6. The van der Waals surface area contributed by atoms with E-state index in [1.165, 1.54) is 35.5 Å². The van der Waals surface area contributed by atoms with Gasteiger partial charge in [-0.2, -0.15) is 0 Å². The molecule has 5 nitrogen and oxygen atoms in total. The number of aromatic nitrogens is 2. The third-order valence-corrected chi connectivity index (χ3v) is 6.94. The second kappa shape index (κ2) is 5.68. The number of amides is 1. The van der Waals surface area contributed by atoms with Gasteiger partial charge < -0.3 is 10.6 Å². The average Bonchev–Trinajstić information content (AvgIpc) is 3.24. The van der Waals surface area contributed by atoms with Crippen LogP contribution in [-0.2, 0) is 0 Å². The molecule has 1 amide bonds. The van der Waals surface area contributed by atoms with Gasteiger partial charge in [0.05, 0.1) is 9.09 Å². The number of carbonyl (C=O) groups is 1. The predicted octanol–water partition coefficient (Wildman–Crippen LogP) is 2.37. The summed E-state index contributed by atoms with van der Waals surface area (Å²) >= 11 is 4.58. The molecule has 0 aromatic carbocycles. The Hall–Kier alpha value is -0.960. The number of rotatable bonds is 4. The summed E-state index contributed by atoms with van der Waals surface area (Å²) in [5.74, 6) is 0.0449. The molecule has 8 heteroatoms. The number of thiophene rings is 1. The molecule has 2 saturated heterocycles. The second-order valence-electron chi connectivity index (χ2n) is 5.29. The fraction of sp³-hybridized carbons (Fsp3) is 0.462. The Balaban J connectivity index is 1.39. The van der Waals surface area contributed by atoms with Gasteiger partial charge in [-0.25, -0.2) is 0 Å². The minimum absolute atomic E-state index is 0.0449. The van der Waals surface area contributed by atoms with Gasteiger partial charge >= 0.3 is 0 Å². The first kappa shape index (κ1) is 13.7. The van der Waals surface area contributed by atoms with E-state index in [0.29, 0.717) is 12.1 Å². The SMILES string of the molecule is O=C(N[C@@H]1C[C@H]2CC[C@@H]1N2)c1ccc(Sc2nncs2)s1. The van der Waals surface area contributed by atoms with E-state index in [2.05, 4.69) is 20.8 Å². The third kappa shape index (κ3) is 2.85. The Kier molecular flexibility index (Phi) is 3.70. The lowest BCUT2D eigenvalue weighted by atomic mass is 9.95. The Morgan fingerprint density at radius 2 is 2.38 bits per heavy atom. The van der Waals surface area contributed by atoms with E-state index in [4.69, 9.17) is 0 Å². The number of hydrogen-bond donors (Lipinski definition) is 2. The molecule has 0 spiro atoms. The van der Waals surface area contributed by atoms with Crippen LogP contribution >= 0.6 is 34.4 Å². The highest BCUT2D eigenvalue weighted by Crippen LogP contribution is 2.34. The van der Waals surface area contributed by atoms with Gasteiger partial charge in [0, 0.05) is 18.1 Å². The third-order valence-electron chi connectivity index (χ3n) is 3.95. The summed E-state index contributed by atoms with van der Waals surface area (Å²) in [5, 5.41) is 14.5. The van der Waals surface area contributed by atoms with Crippen molar-refractivity contribution in [3.63, 3.8) is 0 Å². The van der Waals surface area contributed by atoms with E-state index in [9.17, 15) is 4.79 Å². The van der Waals surface area contributed by atoms with Crippen molar-refractivity contribution in [1.82, 2.24) is 20.8 Å². The lowest BCUT2D eigenvalue weighted by Gasteiger charge is -2.20. The molecule has 2 aromatic heterocycles. The fourth-order valence-electron chi connectivity index (χ4n) is 3.01. The van der Waals surface area contributed by atoms with Crippen LogP contribution in [0.15, 0.2) is 26.2 Å². The molecule has 2 N–H and O–H groups in total. The van der Waals surface area contributed by atoms with Gasteiger partial charge in [0.1, 0.15) is 5.51 Å². The van der Waals surface area contributed by atoms with Gasteiger partial charge in [0.25, 0.3) is 5.91 Å². The van der Waals surface area contributed by atoms with Crippen LogP contribution in [0.5, 0.6) is 0 Å². The molecule has 2 fully saturated rings. The molecular formula is C13H14N4OS3. The van der Waals surface area contributed by atoms with E-state index in [-0.39, 0.29) is 11.9 Å². The largest absolute Gasteiger partial charge is 0.347 e. The lowest BCUT2D eigenvalue weighted by Crippen LogP contribution is -2.42. The number of fused-ring (bicyclic) bond motifs is 2. The first-order valence-electron chi connectivity index (χ1n) is 6.89. The van der Waals surface area contributed by atoms with Crippen LogP contribution in [0.4, 0.5) is 0 Å². The fourth-order valence-corrected chi connectivity index (χ4v) is 5.75. The lowest BCUT2D eigenvalue weighted by molar-refractivity contribution is 0.0935. The average molecular weight is 338 g/mol. The van der Waals surface area contributed by atoms with Gasteiger partial charge in [-0.05, 0) is 43.2 Å². The topological polar surface area (TPSA) is 66.9 Å². The zero-order valence-electron chi connectivity index (χ0n) is 11.1. The van der Waals surface area contributed by atoms with Crippen LogP contribution in [0.25, 0.3) is 0 Å². The van der Waals surface area contributed by atoms with E-state index in [1.54, 1.807) is 17.3 Å². The van der Waals surface area contributed by atoms with Crippen molar-refractivity contribution < 1.29 is 4.79 Å². The molecule has 0 unspecified atom stereocenters. The Morgan fingerprint density at radius 1 is 1.43 bits per heavy atom. The molecule has 2 aliphatic heterocycles. The molecule has 4 heterocycles. The number of carbonyl (C=O) groups excluding carboxylic acids is 1. The minimum Gasteiger partial charge on any atom is -0.347 e. The van der Waals surface area contributed by atoms with Gasteiger partial charge in [0.15, 0.2) is 4.34 Å². The molecule has 0 aliphatic carbocycles. The molecular weight excluding hydrogens is 324 g/mol. The maximum atomic E-state index is 12.3. The van der Waals surface area contributed by atoms with E-state index >= 15 is 0 Å². The molecule has 3 atom stereocenters. The van der Waals surface area contributed by atoms with Crippen LogP contribution in [0.2, 0.25) is 0 Å². The first-order chi connectivity index (χ1) is 10.3. The standard InChI is InChI=1S/C13H14N4OS3/c18-12(16-9-5-7-1-2-8(9)15-7)10-3-4-11(20-10)21-13-17-14-6-19-13/h3-4,6-9,15H,1-2,5H2,(H,16,18)/t7-,8+,9-/m1/s1. The summed E-state index contributed by atoms with van der Waals surface area (Å²) in [6, 6.07) is 5.23. The van der Waals surface area contributed by atoms with Crippen molar-refractivity contribution in [2.75, 3.05) is 0 Å². The van der Waals surface area contributed by atoms with E-state index in [1.807, 2.05) is 12.1 Å². The molecule has 110 valence electrons. The first-order valence-corrected chi connectivity index (χ1v) is 9.40. The zero-order chi connectivity index (χ0) is 14.2. The minimum atomic E-state index is 0.0449. The summed E-state index contributed by atoms with van der Waals surface area (Å²) in [4.78, 5) is 13.1. The van der Waals surface area contributed by atoms with Crippen molar-refractivity contribution in [2.24, 2.45) is 0 Å². The van der Waals surface area contributed by atoms with Crippen molar-refractivity contribution in [1.29, 1.82) is 0 Å². The molecule has 21 heavy (non-hydrogen) atoms. The van der Waals surface area contributed by atoms with Crippen LogP contribution in [-0.4, -0.2) is 34.2 Å². The van der Waals surface area contributed by atoms with Crippen molar-refractivity contribution >= 4 is 40.3 Å². The van der Waals surface area contributed by atoms with Crippen LogP contribution in [0.1, 0.15) is 28.9 Å². The molecule has 0 saturated carbocycles. The summed E-state index contributed by atoms with van der Waals surface area (Å²) in [5.41, 5.74) is 1.71. The summed E-state index contributed by atoms with van der Waals surface area (Å²) in [6.07, 6.45) is 3.49. The number of nitrogens with zero attached hydrogens (tertiary/aromatic N) is 2. The van der Waals surface area contributed by atoms with Gasteiger partial charge in [0.2, 0.25) is 0 Å². The number of hydrogen-bond acceptors (Lipinski definition) is 7. The maximum Gasteiger partial charge on any atom is 0.261 e. The summed E-state index contributed by atoms with van der Waals surface area (Å²) in [7, 11) is 0. The van der Waals surface area contributed by atoms with Crippen molar-refractivity contribution in [3.8, 4) is 0 Å². The quantitative estimate of drug-likeness (QED) is 0.896. The molecule has 2 aromatic rings. The predicted molar refractivity (Wildman–Crippen MR) is 84.2 cm³/mol. The van der Waals surface area contributed by atoms with Gasteiger partial charge in [-0.1, -0.05) is 11.3 Å². The maximum absolute atomic E-state index is 12.3. The van der Waals surface area contributed by atoms with Crippen LogP contribution in [0, 0.1) is 0 Å². The molecule has 2 bridgehead atoms. The van der Waals surface area contributed by atoms with Gasteiger partial charge in [-0.3, -0.25) is 4.79 Å². The Bertz CT molecular complexity index is 642. The van der Waals surface area contributed by atoms with Crippen LogP contribution < -0.4 is 10.6 Å². The molecule has 4 rings (SSSR count). The second-order valence-corrected chi connectivity index (χ2v) is 8.75. The van der Waals surface area contributed by atoms with Crippen molar-refractivity contribution in [3.05, 3.63) is 22.5 Å². The summed E-state index contributed by atoms with van der Waals surface area (Å²) in [6.45, 7) is 0. The summed E-state index contributed by atoms with van der Waals surface area (Å²) < 4.78 is 1.98. The normalized spacial score (nSPS) is 27.1. The van der Waals surface area contributed by atoms with E-state index in [0.717, 1.165) is 19.8 Å². The van der Waals surface area contributed by atoms with E-state index < -0.39 is 0 Å². The Morgan fingerprint density at radius 3 is 3.10 bits per heavy atom. The monoisotopic (exact) mass is 338 g/mol. The highest BCUT2D eigenvalue weighted by molar-refractivity contribution is 8.02.